The van der Waals surface area contributed by atoms with E-state index in [0.29, 0.717) is 11.8 Å². The Hall–Kier alpha value is -1.82. The number of carbonyl (C=O) groups excluding carboxylic acids is 1. The summed E-state index contributed by atoms with van der Waals surface area (Å²) in [4.78, 5) is 14.9. The number of thioether (sulfide) groups is 1. The van der Waals surface area contributed by atoms with Gasteiger partial charge < -0.3 is 4.90 Å². The molecule has 138 valence electrons. The fraction of sp³-hybridized carbons (Fsp3) is 0.550. The van der Waals surface area contributed by atoms with Gasteiger partial charge in [0.25, 0.3) is 0 Å². The predicted molar refractivity (Wildman–Crippen MR) is 105 cm³/mol. The maximum atomic E-state index is 12.5. The molecule has 0 atom stereocenters. The normalized spacial score (nSPS) is 18.3. The van der Waals surface area contributed by atoms with E-state index in [1.807, 2.05) is 31.2 Å². The molecule has 0 amide bonds. The maximum Gasteiger partial charge on any atom is 0.228 e. The molecule has 1 aliphatic heterocycles. The van der Waals surface area contributed by atoms with E-state index < -0.39 is 0 Å². The third-order valence-electron chi connectivity index (χ3n) is 5.33. The Balaban J connectivity index is 1.46. The number of carbonyl (C=O) groups is 1. The molecule has 2 heterocycles. The highest BCUT2D eigenvalue weighted by atomic mass is 32.2. The maximum absolute atomic E-state index is 12.5. The third kappa shape index (κ3) is 3.80. The van der Waals surface area contributed by atoms with Crippen LogP contribution in [-0.2, 0) is 0 Å². The SMILES string of the molecule is Cc1ccc(C(=O)CSc2nnc(N3CCC(C)CC3)n2C2CC2)cc1. The molecule has 1 aliphatic carbocycles. The highest BCUT2D eigenvalue weighted by Gasteiger charge is 2.32. The summed E-state index contributed by atoms with van der Waals surface area (Å²) < 4.78 is 2.28. The highest BCUT2D eigenvalue weighted by molar-refractivity contribution is 7.99. The van der Waals surface area contributed by atoms with Crippen molar-refractivity contribution in [3.8, 4) is 0 Å². The van der Waals surface area contributed by atoms with Crippen LogP contribution in [0.5, 0.6) is 0 Å². The van der Waals surface area contributed by atoms with Crippen LogP contribution in [0, 0.1) is 12.8 Å². The van der Waals surface area contributed by atoms with Crippen LogP contribution in [0.15, 0.2) is 29.4 Å². The average molecular weight is 371 g/mol. The molecule has 26 heavy (non-hydrogen) atoms. The Kier molecular flexibility index (Phi) is 5.02. The van der Waals surface area contributed by atoms with Crippen LogP contribution in [0.25, 0.3) is 0 Å². The second-order valence-corrected chi connectivity index (χ2v) is 8.57. The topological polar surface area (TPSA) is 51.0 Å². The van der Waals surface area contributed by atoms with Gasteiger partial charge in [0.1, 0.15) is 0 Å². The quantitative estimate of drug-likeness (QED) is 0.565. The van der Waals surface area contributed by atoms with Gasteiger partial charge in [-0.2, -0.15) is 0 Å². The fourth-order valence-corrected chi connectivity index (χ4v) is 4.29. The van der Waals surface area contributed by atoms with Crippen molar-refractivity contribution >= 4 is 23.5 Å². The summed E-state index contributed by atoms with van der Waals surface area (Å²) in [6.45, 7) is 6.46. The first-order chi connectivity index (χ1) is 12.6. The number of Topliss-reactive ketones (excluding diaryl/α,β-unsaturated/α-hetero) is 1. The number of ketones is 1. The van der Waals surface area contributed by atoms with Crippen molar-refractivity contribution in [3.05, 3.63) is 35.4 Å². The first-order valence-electron chi connectivity index (χ1n) is 9.54. The number of aromatic nitrogens is 3. The summed E-state index contributed by atoms with van der Waals surface area (Å²) in [5.74, 6) is 2.35. The Morgan fingerprint density at radius 2 is 1.81 bits per heavy atom. The van der Waals surface area contributed by atoms with Crippen molar-refractivity contribution in [3.63, 3.8) is 0 Å². The molecule has 2 aromatic rings. The van der Waals surface area contributed by atoms with Crippen LogP contribution in [-0.4, -0.2) is 39.4 Å². The summed E-state index contributed by atoms with van der Waals surface area (Å²) in [7, 11) is 0. The molecule has 1 aromatic carbocycles. The van der Waals surface area contributed by atoms with E-state index in [-0.39, 0.29) is 5.78 Å². The van der Waals surface area contributed by atoms with Crippen LogP contribution in [0.4, 0.5) is 5.95 Å². The van der Waals surface area contributed by atoms with Gasteiger partial charge in [-0.05, 0) is 38.5 Å². The number of hydrogen-bond acceptors (Lipinski definition) is 5. The van der Waals surface area contributed by atoms with Crippen LogP contribution >= 0.6 is 11.8 Å². The second kappa shape index (κ2) is 7.43. The number of rotatable bonds is 6. The van der Waals surface area contributed by atoms with Gasteiger partial charge in [-0.15, -0.1) is 10.2 Å². The Morgan fingerprint density at radius 1 is 1.12 bits per heavy atom. The molecule has 6 heteroatoms. The standard InChI is InChI=1S/C20H26N4OS/c1-14-3-5-16(6-4-14)18(25)13-26-20-22-21-19(24(20)17-7-8-17)23-11-9-15(2)10-12-23/h3-6,15,17H,7-13H2,1-2H3. The molecule has 0 bridgehead atoms. The van der Waals surface area contributed by atoms with Gasteiger partial charge in [-0.3, -0.25) is 9.36 Å². The van der Waals surface area contributed by atoms with Crippen molar-refractivity contribution < 1.29 is 4.79 Å². The van der Waals surface area contributed by atoms with Gasteiger partial charge in [-0.1, -0.05) is 48.5 Å². The third-order valence-corrected chi connectivity index (χ3v) is 6.27. The van der Waals surface area contributed by atoms with E-state index in [9.17, 15) is 4.79 Å². The van der Waals surface area contributed by atoms with E-state index in [4.69, 9.17) is 0 Å². The minimum atomic E-state index is 0.147. The summed E-state index contributed by atoms with van der Waals surface area (Å²) in [5.41, 5.74) is 1.94. The number of benzene rings is 1. The lowest BCUT2D eigenvalue weighted by atomic mass is 10.00. The zero-order valence-electron chi connectivity index (χ0n) is 15.5. The van der Waals surface area contributed by atoms with E-state index in [1.165, 1.54) is 43.0 Å². The molecule has 1 aromatic heterocycles. The molecule has 2 aliphatic rings. The molecule has 2 fully saturated rings. The number of hydrogen-bond donors (Lipinski definition) is 0. The molecular formula is C20H26N4OS. The number of piperidine rings is 1. The Morgan fingerprint density at radius 3 is 2.46 bits per heavy atom. The van der Waals surface area contributed by atoms with Gasteiger partial charge in [0.2, 0.25) is 5.95 Å². The minimum absolute atomic E-state index is 0.147. The molecule has 0 unspecified atom stereocenters. The van der Waals surface area contributed by atoms with E-state index in [1.54, 1.807) is 0 Å². The van der Waals surface area contributed by atoms with Gasteiger partial charge in [0.05, 0.1) is 5.75 Å². The minimum Gasteiger partial charge on any atom is -0.341 e. The van der Waals surface area contributed by atoms with Crippen LogP contribution in [0.3, 0.4) is 0 Å². The van der Waals surface area contributed by atoms with Crippen molar-refractivity contribution in [1.29, 1.82) is 0 Å². The first-order valence-corrected chi connectivity index (χ1v) is 10.5. The van der Waals surface area contributed by atoms with Crippen LogP contribution in [0.1, 0.15) is 54.6 Å². The van der Waals surface area contributed by atoms with E-state index in [0.717, 1.165) is 35.7 Å². The number of anilines is 1. The average Bonchev–Trinajstić information content (AvgIpc) is 3.40. The molecule has 1 saturated heterocycles. The summed E-state index contributed by atoms with van der Waals surface area (Å²) in [5, 5.41) is 9.82. The molecule has 4 rings (SSSR count). The molecular weight excluding hydrogens is 344 g/mol. The van der Waals surface area contributed by atoms with Crippen molar-refractivity contribution in [2.24, 2.45) is 5.92 Å². The fourth-order valence-electron chi connectivity index (χ4n) is 3.40. The molecule has 0 radical (unpaired) electrons. The van der Waals surface area contributed by atoms with E-state index >= 15 is 0 Å². The molecule has 5 nitrogen and oxygen atoms in total. The lowest BCUT2D eigenvalue weighted by Crippen LogP contribution is -2.34. The summed E-state index contributed by atoms with van der Waals surface area (Å²) in [6.07, 6.45) is 4.81. The zero-order chi connectivity index (χ0) is 18.1. The van der Waals surface area contributed by atoms with Crippen LogP contribution in [0.2, 0.25) is 0 Å². The van der Waals surface area contributed by atoms with Gasteiger partial charge >= 0.3 is 0 Å². The summed E-state index contributed by atoms with van der Waals surface area (Å²) in [6, 6.07) is 8.30. The van der Waals surface area contributed by atoms with Gasteiger partial charge in [0.15, 0.2) is 10.9 Å². The monoisotopic (exact) mass is 370 g/mol. The Bertz CT molecular complexity index is 774. The van der Waals surface area contributed by atoms with E-state index in [2.05, 4.69) is 26.6 Å². The molecule has 0 N–H and O–H groups in total. The molecule has 0 spiro atoms. The summed E-state index contributed by atoms with van der Waals surface area (Å²) >= 11 is 1.52. The number of nitrogens with zero attached hydrogens (tertiary/aromatic N) is 4. The molecule has 1 saturated carbocycles. The largest absolute Gasteiger partial charge is 0.341 e. The van der Waals surface area contributed by atoms with Crippen molar-refractivity contribution in [2.45, 2.75) is 50.7 Å². The predicted octanol–water partition coefficient (Wildman–Crippen LogP) is 4.13. The Labute approximate surface area is 159 Å². The smallest absolute Gasteiger partial charge is 0.228 e. The lowest BCUT2D eigenvalue weighted by Gasteiger charge is -2.31. The van der Waals surface area contributed by atoms with Crippen molar-refractivity contribution in [1.82, 2.24) is 14.8 Å². The van der Waals surface area contributed by atoms with Crippen LogP contribution < -0.4 is 4.90 Å². The number of aryl methyl sites for hydroxylation is 1. The van der Waals surface area contributed by atoms with Crippen molar-refractivity contribution in [2.75, 3.05) is 23.7 Å². The lowest BCUT2D eigenvalue weighted by molar-refractivity contribution is 0.102. The first kappa shape index (κ1) is 17.6. The second-order valence-electron chi connectivity index (χ2n) is 7.63. The zero-order valence-corrected chi connectivity index (χ0v) is 16.3. The highest BCUT2D eigenvalue weighted by Crippen LogP contribution is 2.41. The van der Waals surface area contributed by atoms with Gasteiger partial charge in [0, 0.05) is 24.7 Å². The van der Waals surface area contributed by atoms with Gasteiger partial charge in [-0.25, -0.2) is 0 Å².